The molecule has 0 aromatic rings. The van der Waals surface area contributed by atoms with E-state index in [4.69, 9.17) is 18.9 Å². The zero-order valence-electron chi connectivity index (χ0n) is 11.0. The van der Waals surface area contributed by atoms with Gasteiger partial charge in [-0.1, -0.05) is 0 Å². The number of carbonyl (C=O) groups excluding carboxylic acids is 3. The molecule has 106 valence electrons. The lowest BCUT2D eigenvalue weighted by Gasteiger charge is -2.30. The van der Waals surface area contributed by atoms with Gasteiger partial charge >= 0.3 is 17.9 Å². The van der Waals surface area contributed by atoms with Crippen LogP contribution >= 0.6 is 0 Å². The Morgan fingerprint density at radius 3 is 2.16 bits per heavy atom. The fraction of sp³-hybridized carbons (Fsp3) is 0.583. The third-order valence-electron chi connectivity index (χ3n) is 2.17. The van der Waals surface area contributed by atoms with E-state index in [1.54, 1.807) is 0 Å². The lowest BCUT2D eigenvalue weighted by Crippen LogP contribution is -2.42. The van der Waals surface area contributed by atoms with E-state index in [1.165, 1.54) is 32.9 Å². The smallest absolute Gasteiger partial charge is 0.305 e. The molecule has 1 rings (SSSR count). The summed E-state index contributed by atoms with van der Waals surface area (Å²) in [6.07, 6.45) is 0.696. The lowest BCUT2D eigenvalue weighted by atomic mass is 10.1. The Hall–Kier alpha value is -1.89. The standard InChI is InChI=1S/C12H16O7/c1-7(13)16-6-11-10(17-8(2)14)4-5-12(19-11)18-9(3)15/h4-5,10-12H,6H2,1-3H3/t10-,11+,12+/m0/s1. The monoisotopic (exact) mass is 272 g/mol. The van der Waals surface area contributed by atoms with Crippen LogP contribution in [0.15, 0.2) is 12.2 Å². The van der Waals surface area contributed by atoms with Crippen molar-refractivity contribution >= 4 is 17.9 Å². The summed E-state index contributed by atoms with van der Waals surface area (Å²) in [7, 11) is 0. The van der Waals surface area contributed by atoms with Crippen LogP contribution in [0.2, 0.25) is 0 Å². The summed E-state index contributed by atoms with van der Waals surface area (Å²) >= 11 is 0. The van der Waals surface area contributed by atoms with Crippen molar-refractivity contribution in [1.82, 2.24) is 0 Å². The van der Waals surface area contributed by atoms with Crippen LogP contribution in [0.25, 0.3) is 0 Å². The van der Waals surface area contributed by atoms with Crippen molar-refractivity contribution in [2.45, 2.75) is 39.3 Å². The second-order valence-corrected chi connectivity index (χ2v) is 3.91. The molecule has 0 unspecified atom stereocenters. The van der Waals surface area contributed by atoms with E-state index in [0.29, 0.717) is 0 Å². The molecular formula is C12H16O7. The first-order valence-corrected chi connectivity index (χ1v) is 5.70. The molecular weight excluding hydrogens is 256 g/mol. The molecule has 0 saturated carbocycles. The molecule has 1 heterocycles. The molecule has 0 N–H and O–H groups in total. The molecule has 7 heteroatoms. The highest BCUT2D eigenvalue weighted by Crippen LogP contribution is 2.18. The van der Waals surface area contributed by atoms with E-state index < -0.39 is 36.4 Å². The summed E-state index contributed by atoms with van der Waals surface area (Å²) in [4.78, 5) is 32.6. The Balaban J connectivity index is 2.68. The Morgan fingerprint density at radius 2 is 1.63 bits per heavy atom. The molecule has 1 aliphatic rings. The minimum Gasteiger partial charge on any atom is -0.463 e. The van der Waals surface area contributed by atoms with Crippen LogP contribution in [0.1, 0.15) is 20.8 Å². The molecule has 19 heavy (non-hydrogen) atoms. The fourth-order valence-electron chi connectivity index (χ4n) is 1.49. The van der Waals surface area contributed by atoms with Crippen molar-refractivity contribution in [2.24, 2.45) is 0 Å². The third-order valence-corrected chi connectivity index (χ3v) is 2.17. The summed E-state index contributed by atoms with van der Waals surface area (Å²) in [6, 6.07) is 0. The summed E-state index contributed by atoms with van der Waals surface area (Å²) in [6.45, 7) is 3.66. The normalized spacial score (nSPS) is 25.5. The number of rotatable bonds is 4. The molecule has 0 amide bonds. The van der Waals surface area contributed by atoms with Gasteiger partial charge in [0.25, 0.3) is 0 Å². The van der Waals surface area contributed by atoms with E-state index >= 15 is 0 Å². The molecule has 1 aliphatic heterocycles. The van der Waals surface area contributed by atoms with E-state index in [9.17, 15) is 14.4 Å². The molecule has 0 saturated heterocycles. The van der Waals surface area contributed by atoms with Crippen LogP contribution in [-0.2, 0) is 33.3 Å². The van der Waals surface area contributed by atoms with Gasteiger partial charge in [-0.15, -0.1) is 0 Å². The largest absolute Gasteiger partial charge is 0.463 e. The molecule has 0 fully saturated rings. The van der Waals surface area contributed by atoms with Crippen molar-refractivity contribution in [3.05, 3.63) is 12.2 Å². The molecule has 0 aromatic heterocycles. The minimum absolute atomic E-state index is 0.102. The summed E-state index contributed by atoms with van der Waals surface area (Å²) < 4.78 is 20.1. The summed E-state index contributed by atoms with van der Waals surface area (Å²) in [5.41, 5.74) is 0. The number of hydrogen-bond acceptors (Lipinski definition) is 7. The van der Waals surface area contributed by atoms with Gasteiger partial charge in [0.2, 0.25) is 6.29 Å². The molecule has 0 aromatic carbocycles. The first kappa shape index (κ1) is 15.2. The van der Waals surface area contributed by atoms with Gasteiger partial charge in [0.05, 0.1) is 0 Å². The van der Waals surface area contributed by atoms with E-state index in [-0.39, 0.29) is 6.61 Å². The van der Waals surface area contributed by atoms with Crippen LogP contribution in [0.5, 0.6) is 0 Å². The first-order chi connectivity index (χ1) is 8.88. The van der Waals surface area contributed by atoms with Crippen LogP contribution < -0.4 is 0 Å². The van der Waals surface area contributed by atoms with Gasteiger partial charge in [0, 0.05) is 20.8 Å². The molecule has 0 bridgehead atoms. The highest BCUT2D eigenvalue weighted by atomic mass is 16.7. The van der Waals surface area contributed by atoms with Crippen LogP contribution in [-0.4, -0.2) is 43.0 Å². The lowest BCUT2D eigenvalue weighted by molar-refractivity contribution is -0.201. The average Bonchev–Trinajstić information content (AvgIpc) is 2.27. The highest BCUT2D eigenvalue weighted by Gasteiger charge is 2.31. The third kappa shape index (κ3) is 5.52. The zero-order valence-corrected chi connectivity index (χ0v) is 11.0. The van der Waals surface area contributed by atoms with Crippen molar-refractivity contribution in [1.29, 1.82) is 0 Å². The number of esters is 3. The van der Waals surface area contributed by atoms with Crippen molar-refractivity contribution in [2.75, 3.05) is 6.61 Å². The zero-order chi connectivity index (χ0) is 14.4. The maximum absolute atomic E-state index is 11.0. The SMILES string of the molecule is CC(=O)OC[C@H]1O[C@@H](OC(C)=O)C=C[C@@H]1OC(C)=O. The Kier molecular flexibility index (Phi) is 5.50. The molecule has 0 radical (unpaired) electrons. The molecule has 3 atom stereocenters. The van der Waals surface area contributed by atoms with Gasteiger partial charge in [-0.25, -0.2) is 0 Å². The van der Waals surface area contributed by atoms with Gasteiger partial charge < -0.3 is 18.9 Å². The Morgan fingerprint density at radius 1 is 1.00 bits per heavy atom. The molecule has 7 nitrogen and oxygen atoms in total. The van der Waals surface area contributed by atoms with Gasteiger partial charge in [0.15, 0.2) is 0 Å². The predicted octanol–water partition coefficient (Wildman–Crippen LogP) is 0.325. The number of carbonyl (C=O) groups is 3. The first-order valence-electron chi connectivity index (χ1n) is 5.70. The van der Waals surface area contributed by atoms with Crippen LogP contribution in [0.3, 0.4) is 0 Å². The van der Waals surface area contributed by atoms with Gasteiger partial charge in [-0.05, 0) is 12.2 Å². The van der Waals surface area contributed by atoms with Crippen molar-refractivity contribution in [3.63, 3.8) is 0 Å². The quantitative estimate of drug-likeness (QED) is 0.414. The van der Waals surface area contributed by atoms with E-state index in [1.807, 2.05) is 0 Å². The molecule has 0 spiro atoms. The predicted molar refractivity (Wildman–Crippen MR) is 61.8 cm³/mol. The summed E-state index contributed by atoms with van der Waals surface area (Å²) in [5.74, 6) is -1.48. The fourth-order valence-corrected chi connectivity index (χ4v) is 1.49. The Bertz CT molecular complexity index is 388. The van der Waals surface area contributed by atoms with Crippen LogP contribution in [0, 0.1) is 0 Å². The van der Waals surface area contributed by atoms with Crippen molar-refractivity contribution < 1.29 is 33.3 Å². The second-order valence-electron chi connectivity index (χ2n) is 3.91. The number of ether oxygens (including phenoxy) is 4. The van der Waals surface area contributed by atoms with Gasteiger partial charge in [-0.2, -0.15) is 0 Å². The maximum atomic E-state index is 11.0. The van der Waals surface area contributed by atoms with Crippen LogP contribution in [0.4, 0.5) is 0 Å². The van der Waals surface area contributed by atoms with Gasteiger partial charge in [-0.3, -0.25) is 14.4 Å². The second kappa shape index (κ2) is 6.89. The van der Waals surface area contributed by atoms with Crippen molar-refractivity contribution in [3.8, 4) is 0 Å². The average molecular weight is 272 g/mol. The topological polar surface area (TPSA) is 88.1 Å². The molecule has 0 aliphatic carbocycles. The Labute approximate surface area is 110 Å². The highest BCUT2D eigenvalue weighted by molar-refractivity contribution is 5.67. The minimum atomic E-state index is -0.884. The van der Waals surface area contributed by atoms with Gasteiger partial charge in [0.1, 0.15) is 18.8 Å². The van der Waals surface area contributed by atoms with E-state index in [0.717, 1.165) is 0 Å². The summed E-state index contributed by atoms with van der Waals surface area (Å²) in [5, 5.41) is 0. The number of hydrogen-bond donors (Lipinski definition) is 0. The van der Waals surface area contributed by atoms with E-state index in [2.05, 4.69) is 0 Å². The maximum Gasteiger partial charge on any atom is 0.305 e.